The zero-order chi connectivity index (χ0) is 8.67. The van der Waals surface area contributed by atoms with Gasteiger partial charge in [0.25, 0.3) is 0 Å². The van der Waals surface area contributed by atoms with Crippen molar-refractivity contribution in [1.82, 2.24) is 0 Å². The summed E-state index contributed by atoms with van der Waals surface area (Å²) in [5.74, 6) is 0. The molecule has 1 heterocycles. The van der Waals surface area contributed by atoms with Gasteiger partial charge < -0.3 is 0 Å². The van der Waals surface area contributed by atoms with E-state index in [0.29, 0.717) is 0 Å². The highest BCUT2D eigenvalue weighted by Crippen LogP contribution is 2.36. The van der Waals surface area contributed by atoms with Gasteiger partial charge in [-0.2, -0.15) is 0 Å². The molecule has 0 bridgehead atoms. The summed E-state index contributed by atoms with van der Waals surface area (Å²) in [6.45, 7) is 0. The van der Waals surface area contributed by atoms with Gasteiger partial charge in [0.2, 0.25) is 0 Å². The van der Waals surface area contributed by atoms with Crippen molar-refractivity contribution in [1.29, 1.82) is 0 Å². The Hall–Kier alpha value is -1.08. The maximum atomic E-state index is 2.25. The van der Waals surface area contributed by atoms with Crippen LogP contribution in [0.15, 0.2) is 35.7 Å². The Morgan fingerprint density at radius 2 is 1.85 bits per heavy atom. The van der Waals surface area contributed by atoms with Gasteiger partial charge in [-0.3, -0.25) is 0 Å². The summed E-state index contributed by atoms with van der Waals surface area (Å²) in [6, 6.07) is 11.0. The molecule has 1 heteroatoms. The second-order valence-electron chi connectivity index (χ2n) is 3.41. The molecule has 0 unspecified atom stereocenters. The lowest BCUT2D eigenvalue weighted by Gasteiger charge is -2.15. The fourth-order valence-corrected chi connectivity index (χ4v) is 2.92. The van der Waals surface area contributed by atoms with Gasteiger partial charge in [-0.1, -0.05) is 24.3 Å². The average molecular weight is 186 g/mol. The van der Waals surface area contributed by atoms with Gasteiger partial charge >= 0.3 is 0 Å². The normalized spacial score (nSPS) is 13.5. The van der Waals surface area contributed by atoms with Crippen molar-refractivity contribution in [2.75, 3.05) is 0 Å². The molecular weight excluding hydrogens is 176 g/mol. The van der Waals surface area contributed by atoms with E-state index in [4.69, 9.17) is 0 Å². The molecule has 0 saturated heterocycles. The van der Waals surface area contributed by atoms with Crippen molar-refractivity contribution in [2.45, 2.75) is 12.8 Å². The third-order valence-corrected chi connectivity index (χ3v) is 3.66. The Morgan fingerprint density at radius 1 is 0.923 bits per heavy atom. The van der Waals surface area contributed by atoms with Crippen LogP contribution in [0.4, 0.5) is 0 Å². The zero-order valence-electron chi connectivity index (χ0n) is 7.29. The SMILES string of the molecule is c1ccc2c(c1)CCc1sccc1-2. The Kier molecular flexibility index (Phi) is 1.53. The van der Waals surface area contributed by atoms with Crippen molar-refractivity contribution < 1.29 is 0 Å². The van der Waals surface area contributed by atoms with Crippen molar-refractivity contribution >= 4 is 11.3 Å². The number of hydrogen-bond donors (Lipinski definition) is 0. The second kappa shape index (κ2) is 2.71. The third kappa shape index (κ3) is 1.04. The molecule has 0 radical (unpaired) electrons. The molecule has 0 aliphatic heterocycles. The molecule has 1 aliphatic carbocycles. The van der Waals surface area contributed by atoms with Gasteiger partial charge in [-0.15, -0.1) is 11.3 Å². The van der Waals surface area contributed by atoms with Crippen LogP contribution in [0.1, 0.15) is 10.4 Å². The van der Waals surface area contributed by atoms with Gasteiger partial charge in [-0.05, 0) is 41.0 Å². The van der Waals surface area contributed by atoms with Crippen LogP contribution < -0.4 is 0 Å². The summed E-state index contributed by atoms with van der Waals surface area (Å²) < 4.78 is 0. The lowest BCUT2D eigenvalue weighted by molar-refractivity contribution is 0.964. The first-order valence-corrected chi connectivity index (χ1v) is 5.48. The summed E-state index contributed by atoms with van der Waals surface area (Å²) in [5.41, 5.74) is 4.42. The van der Waals surface area contributed by atoms with E-state index in [-0.39, 0.29) is 0 Å². The van der Waals surface area contributed by atoms with Gasteiger partial charge in [-0.25, -0.2) is 0 Å². The average Bonchev–Trinajstić information content (AvgIpc) is 2.65. The first-order valence-electron chi connectivity index (χ1n) is 4.60. The largest absolute Gasteiger partial charge is 0.148 e. The molecule has 0 saturated carbocycles. The van der Waals surface area contributed by atoms with Crippen LogP contribution in [0.2, 0.25) is 0 Å². The number of rotatable bonds is 0. The summed E-state index contributed by atoms with van der Waals surface area (Å²) >= 11 is 1.89. The maximum Gasteiger partial charge on any atom is 0.0127 e. The maximum absolute atomic E-state index is 2.25. The summed E-state index contributed by atoms with van der Waals surface area (Å²) in [6.07, 6.45) is 2.44. The Bertz CT molecular complexity index is 440. The Labute approximate surface area is 81.9 Å². The number of fused-ring (bicyclic) bond motifs is 3. The van der Waals surface area contributed by atoms with E-state index >= 15 is 0 Å². The molecular formula is C12H10S. The predicted octanol–water partition coefficient (Wildman–Crippen LogP) is 3.51. The lowest BCUT2D eigenvalue weighted by Crippen LogP contribution is -1.99. The van der Waals surface area contributed by atoms with E-state index in [2.05, 4.69) is 35.7 Å². The zero-order valence-corrected chi connectivity index (χ0v) is 8.10. The van der Waals surface area contributed by atoms with Crippen LogP contribution in [0.5, 0.6) is 0 Å². The van der Waals surface area contributed by atoms with Gasteiger partial charge in [0.05, 0.1) is 0 Å². The first kappa shape index (κ1) is 7.34. The van der Waals surface area contributed by atoms with E-state index in [1.165, 1.54) is 29.5 Å². The first-order chi connectivity index (χ1) is 6.45. The fraction of sp³-hybridized carbons (Fsp3) is 0.167. The van der Waals surface area contributed by atoms with E-state index < -0.39 is 0 Å². The Balaban J connectivity index is 2.30. The van der Waals surface area contributed by atoms with Crippen LogP contribution in [-0.4, -0.2) is 0 Å². The lowest BCUT2D eigenvalue weighted by atomic mass is 9.91. The minimum Gasteiger partial charge on any atom is -0.148 e. The van der Waals surface area contributed by atoms with Crippen molar-refractivity contribution in [3.05, 3.63) is 46.2 Å². The molecule has 0 spiro atoms. The summed E-state index contributed by atoms with van der Waals surface area (Å²) in [4.78, 5) is 1.55. The van der Waals surface area contributed by atoms with Gasteiger partial charge in [0.1, 0.15) is 0 Å². The predicted molar refractivity (Wildman–Crippen MR) is 57.2 cm³/mol. The number of benzene rings is 1. The summed E-state index contributed by atoms with van der Waals surface area (Å²) in [7, 11) is 0. The van der Waals surface area contributed by atoms with E-state index in [1.807, 2.05) is 11.3 Å². The third-order valence-electron chi connectivity index (χ3n) is 2.67. The molecule has 0 fully saturated rings. The molecule has 0 nitrogen and oxygen atoms in total. The minimum atomic E-state index is 1.21. The molecule has 13 heavy (non-hydrogen) atoms. The highest BCUT2D eigenvalue weighted by molar-refractivity contribution is 7.10. The van der Waals surface area contributed by atoms with Crippen molar-refractivity contribution in [2.24, 2.45) is 0 Å². The molecule has 64 valence electrons. The molecule has 0 atom stereocenters. The van der Waals surface area contributed by atoms with Crippen LogP contribution in [0.3, 0.4) is 0 Å². The summed E-state index contributed by atoms with van der Waals surface area (Å²) in [5, 5.41) is 2.20. The highest BCUT2D eigenvalue weighted by Gasteiger charge is 2.15. The quantitative estimate of drug-likeness (QED) is 0.590. The molecule has 2 aromatic rings. The highest BCUT2D eigenvalue weighted by atomic mass is 32.1. The van der Waals surface area contributed by atoms with Crippen LogP contribution in [-0.2, 0) is 12.8 Å². The Morgan fingerprint density at radius 3 is 2.85 bits per heavy atom. The van der Waals surface area contributed by atoms with Gasteiger partial charge in [0, 0.05) is 4.88 Å². The van der Waals surface area contributed by atoms with Crippen LogP contribution in [0, 0.1) is 0 Å². The molecule has 1 aliphatic rings. The molecule has 0 amide bonds. The minimum absolute atomic E-state index is 1.21. The topological polar surface area (TPSA) is 0 Å². The monoisotopic (exact) mass is 186 g/mol. The molecule has 1 aromatic carbocycles. The van der Waals surface area contributed by atoms with E-state index in [1.54, 1.807) is 4.88 Å². The number of hydrogen-bond acceptors (Lipinski definition) is 1. The molecule has 0 N–H and O–H groups in total. The molecule has 3 rings (SSSR count). The van der Waals surface area contributed by atoms with Crippen LogP contribution in [0.25, 0.3) is 11.1 Å². The van der Waals surface area contributed by atoms with Crippen molar-refractivity contribution in [3.63, 3.8) is 0 Å². The van der Waals surface area contributed by atoms with Crippen molar-refractivity contribution in [3.8, 4) is 11.1 Å². The standard InChI is InChI=1S/C12H10S/c1-2-4-10-9(3-1)5-6-12-11(10)7-8-13-12/h1-4,7-8H,5-6H2. The van der Waals surface area contributed by atoms with Crippen LogP contribution >= 0.6 is 11.3 Å². The smallest absolute Gasteiger partial charge is 0.0127 e. The van der Waals surface area contributed by atoms with Gasteiger partial charge in [0.15, 0.2) is 0 Å². The second-order valence-corrected chi connectivity index (χ2v) is 4.42. The fourth-order valence-electron chi connectivity index (χ4n) is 2.02. The van der Waals surface area contributed by atoms with E-state index in [0.717, 1.165) is 0 Å². The number of aryl methyl sites for hydroxylation is 2. The molecule has 1 aromatic heterocycles. The van der Waals surface area contributed by atoms with E-state index in [9.17, 15) is 0 Å². The number of thiophene rings is 1.